The van der Waals surface area contributed by atoms with Crippen molar-refractivity contribution in [3.63, 3.8) is 0 Å². The Morgan fingerprint density at radius 3 is 2.79 bits per heavy atom. The molecule has 1 aromatic carbocycles. The van der Waals surface area contributed by atoms with Gasteiger partial charge in [0.05, 0.1) is 29.3 Å². The van der Waals surface area contributed by atoms with E-state index in [-0.39, 0.29) is 11.9 Å². The Morgan fingerprint density at radius 1 is 1.25 bits per heavy atom. The van der Waals surface area contributed by atoms with Gasteiger partial charge in [0.15, 0.2) is 0 Å². The van der Waals surface area contributed by atoms with Crippen molar-refractivity contribution >= 4 is 11.4 Å². The van der Waals surface area contributed by atoms with Gasteiger partial charge in [-0.15, -0.1) is 0 Å². The van der Waals surface area contributed by atoms with Crippen molar-refractivity contribution in [2.45, 2.75) is 44.2 Å². The van der Waals surface area contributed by atoms with Crippen LogP contribution >= 0.6 is 0 Å². The molecule has 4 rings (SSSR count). The minimum atomic E-state index is -0.494. The molecule has 0 saturated heterocycles. The van der Waals surface area contributed by atoms with E-state index in [4.69, 9.17) is 5.26 Å². The summed E-state index contributed by atoms with van der Waals surface area (Å²) in [5.74, 6) is -0.261. The van der Waals surface area contributed by atoms with Crippen LogP contribution in [-0.4, -0.2) is 32.8 Å². The Bertz CT molecular complexity index is 1030. The molecule has 1 saturated carbocycles. The lowest BCUT2D eigenvalue weighted by atomic mass is 9.92. The van der Waals surface area contributed by atoms with Gasteiger partial charge in [-0.25, -0.2) is 4.52 Å². The molecule has 0 bridgehead atoms. The molecule has 2 N–H and O–H groups in total. The molecule has 1 aliphatic rings. The van der Waals surface area contributed by atoms with Crippen molar-refractivity contribution in [1.82, 2.24) is 14.9 Å². The number of nitriles is 1. The number of amides is 1. The van der Waals surface area contributed by atoms with E-state index in [0.29, 0.717) is 17.7 Å². The van der Waals surface area contributed by atoms with Crippen LogP contribution in [0.25, 0.3) is 5.52 Å². The minimum Gasteiger partial charge on any atom is -0.391 e. The second kappa shape index (κ2) is 7.83. The number of carbonyl (C=O) groups is 1. The highest BCUT2D eigenvalue weighted by molar-refractivity contribution is 5.93. The van der Waals surface area contributed by atoms with Crippen molar-refractivity contribution in [3.8, 4) is 6.07 Å². The van der Waals surface area contributed by atoms with E-state index in [1.54, 1.807) is 16.6 Å². The van der Waals surface area contributed by atoms with Gasteiger partial charge in [-0.05, 0) is 60.7 Å². The van der Waals surface area contributed by atoms with Crippen molar-refractivity contribution in [3.05, 3.63) is 71.0 Å². The van der Waals surface area contributed by atoms with Gasteiger partial charge in [-0.3, -0.25) is 4.79 Å². The number of hydrogen-bond acceptors (Lipinski definition) is 4. The molecule has 2 heterocycles. The molecule has 1 amide bonds. The molecule has 2 atom stereocenters. The van der Waals surface area contributed by atoms with E-state index in [2.05, 4.69) is 16.5 Å². The zero-order valence-electron chi connectivity index (χ0n) is 15.5. The molecule has 6 heteroatoms. The average molecular weight is 374 g/mol. The number of nitrogens with zero attached hydrogens (tertiary/aromatic N) is 3. The molecular formula is C22H22N4O2. The topological polar surface area (TPSA) is 90.4 Å². The number of benzene rings is 1. The van der Waals surface area contributed by atoms with Gasteiger partial charge < -0.3 is 10.4 Å². The lowest BCUT2D eigenvalue weighted by molar-refractivity contribution is 0.0713. The molecule has 28 heavy (non-hydrogen) atoms. The van der Waals surface area contributed by atoms with Crippen molar-refractivity contribution in [2.24, 2.45) is 0 Å². The van der Waals surface area contributed by atoms with E-state index < -0.39 is 6.10 Å². The summed E-state index contributed by atoms with van der Waals surface area (Å²) in [6.45, 7) is 0. The van der Waals surface area contributed by atoms with Crippen molar-refractivity contribution in [2.75, 3.05) is 0 Å². The van der Waals surface area contributed by atoms with E-state index in [1.807, 2.05) is 36.5 Å². The normalized spacial score (nSPS) is 19.3. The highest BCUT2D eigenvalue weighted by Crippen LogP contribution is 2.20. The Morgan fingerprint density at radius 2 is 2.04 bits per heavy atom. The zero-order chi connectivity index (χ0) is 19.5. The third kappa shape index (κ3) is 3.75. The molecule has 1 aliphatic carbocycles. The second-order valence-corrected chi connectivity index (χ2v) is 7.31. The fourth-order valence-corrected chi connectivity index (χ4v) is 3.79. The summed E-state index contributed by atoms with van der Waals surface area (Å²) in [4.78, 5) is 12.8. The van der Waals surface area contributed by atoms with Crippen LogP contribution < -0.4 is 5.32 Å². The van der Waals surface area contributed by atoms with Crippen LogP contribution in [0.2, 0.25) is 0 Å². The number of hydrogen-bond donors (Lipinski definition) is 2. The predicted molar refractivity (Wildman–Crippen MR) is 105 cm³/mol. The summed E-state index contributed by atoms with van der Waals surface area (Å²) >= 11 is 0. The van der Waals surface area contributed by atoms with Crippen LogP contribution in [0.15, 0.2) is 48.7 Å². The molecule has 0 aliphatic heterocycles. The Kier molecular flexibility index (Phi) is 5.09. The quantitative estimate of drug-likeness (QED) is 0.735. The third-order valence-corrected chi connectivity index (χ3v) is 5.34. The van der Waals surface area contributed by atoms with Gasteiger partial charge in [-0.1, -0.05) is 25.0 Å². The Hall–Kier alpha value is -3.17. The second-order valence-electron chi connectivity index (χ2n) is 7.31. The first kappa shape index (κ1) is 18.2. The largest absolute Gasteiger partial charge is 0.391 e. The van der Waals surface area contributed by atoms with Gasteiger partial charge in [0.25, 0.3) is 5.91 Å². The van der Waals surface area contributed by atoms with Crippen molar-refractivity contribution in [1.29, 1.82) is 5.26 Å². The summed E-state index contributed by atoms with van der Waals surface area (Å²) in [5.41, 5.74) is 3.95. The number of fused-ring (bicyclic) bond motifs is 1. The van der Waals surface area contributed by atoms with Crippen LogP contribution in [0.5, 0.6) is 0 Å². The molecule has 2 aromatic heterocycles. The predicted octanol–water partition coefficient (Wildman–Crippen LogP) is 2.83. The Labute approximate surface area is 163 Å². The molecule has 6 nitrogen and oxygen atoms in total. The molecule has 142 valence electrons. The van der Waals surface area contributed by atoms with E-state index >= 15 is 0 Å². The lowest BCUT2D eigenvalue weighted by Gasteiger charge is -2.28. The van der Waals surface area contributed by atoms with Crippen LogP contribution in [0.3, 0.4) is 0 Å². The van der Waals surface area contributed by atoms with E-state index in [0.717, 1.165) is 42.3 Å². The first-order valence-electron chi connectivity index (χ1n) is 9.59. The molecule has 0 unspecified atom stereocenters. The fraction of sp³-hybridized carbons (Fsp3) is 0.318. The van der Waals surface area contributed by atoms with Crippen LogP contribution in [0.4, 0.5) is 0 Å². The zero-order valence-corrected chi connectivity index (χ0v) is 15.5. The summed E-state index contributed by atoms with van der Waals surface area (Å²) in [7, 11) is 0. The number of aliphatic hydroxyl groups is 1. The SMILES string of the molecule is N#Cc1ccc(Cc2cc(C(=O)N[C@H]3CCCC[C@@H]3O)nn3cccc23)cc1. The van der Waals surface area contributed by atoms with Gasteiger partial charge in [-0.2, -0.15) is 10.4 Å². The summed E-state index contributed by atoms with van der Waals surface area (Å²) < 4.78 is 1.71. The van der Waals surface area contributed by atoms with Crippen LogP contribution in [-0.2, 0) is 6.42 Å². The Balaban J connectivity index is 1.60. The van der Waals surface area contributed by atoms with Gasteiger partial charge in [0.1, 0.15) is 5.69 Å². The first-order chi connectivity index (χ1) is 13.6. The molecule has 0 radical (unpaired) electrons. The number of aliphatic hydroxyl groups excluding tert-OH is 1. The summed E-state index contributed by atoms with van der Waals surface area (Å²) in [6, 6.07) is 15.0. The molecule has 3 aromatic rings. The maximum atomic E-state index is 12.8. The van der Waals surface area contributed by atoms with Gasteiger partial charge >= 0.3 is 0 Å². The van der Waals surface area contributed by atoms with E-state index in [9.17, 15) is 9.90 Å². The minimum absolute atomic E-state index is 0.217. The first-order valence-corrected chi connectivity index (χ1v) is 9.59. The number of rotatable bonds is 4. The monoisotopic (exact) mass is 374 g/mol. The fourth-order valence-electron chi connectivity index (χ4n) is 3.79. The highest BCUT2D eigenvalue weighted by Gasteiger charge is 2.25. The average Bonchev–Trinajstić information content (AvgIpc) is 3.19. The summed E-state index contributed by atoms with van der Waals surface area (Å²) in [6.07, 6.45) is 5.48. The summed E-state index contributed by atoms with van der Waals surface area (Å²) in [5, 5.41) is 26.5. The van der Waals surface area contributed by atoms with E-state index in [1.165, 1.54) is 0 Å². The highest BCUT2D eigenvalue weighted by atomic mass is 16.3. The molecular weight excluding hydrogens is 352 g/mol. The van der Waals surface area contributed by atoms with Crippen LogP contribution in [0, 0.1) is 11.3 Å². The standard InChI is InChI=1S/C22H22N4O2/c23-14-16-9-7-15(8-10-16)12-17-13-19(25-26-11-3-5-20(17)26)22(28)24-18-4-1-2-6-21(18)27/h3,5,7-11,13,18,21,27H,1-2,4,6,12H2,(H,24,28)/t18-,21-/m0/s1. The smallest absolute Gasteiger partial charge is 0.272 e. The van der Waals surface area contributed by atoms with Gasteiger partial charge in [0, 0.05) is 6.20 Å². The molecule has 0 spiro atoms. The number of nitrogens with one attached hydrogen (secondary N) is 1. The number of aromatic nitrogens is 2. The molecule has 1 fully saturated rings. The third-order valence-electron chi connectivity index (χ3n) is 5.34. The maximum Gasteiger partial charge on any atom is 0.272 e. The lowest BCUT2D eigenvalue weighted by Crippen LogP contribution is -2.45. The van der Waals surface area contributed by atoms with Crippen molar-refractivity contribution < 1.29 is 9.90 Å². The van der Waals surface area contributed by atoms with Gasteiger partial charge in [0.2, 0.25) is 0 Å². The number of carbonyl (C=O) groups excluding carboxylic acids is 1. The van der Waals surface area contributed by atoms with Crippen LogP contribution in [0.1, 0.15) is 52.9 Å². The maximum absolute atomic E-state index is 12.8.